The first-order valence-corrected chi connectivity index (χ1v) is 5.14. The number of hydrogen-bond donors (Lipinski definition) is 0. The van der Waals surface area contributed by atoms with Crippen LogP contribution < -0.4 is 0 Å². The van der Waals surface area contributed by atoms with E-state index in [2.05, 4.69) is 15.9 Å². The minimum atomic E-state index is -4.84. The highest BCUT2D eigenvalue weighted by Gasteiger charge is 2.37. The Kier molecular flexibility index (Phi) is 3.91. The Balaban J connectivity index is 3.66. The molecule has 0 heterocycles. The SMILES string of the molecule is CC(=O)c1c(C(F)(F)F)ccc(Br)c1C(F)F. The van der Waals surface area contributed by atoms with Gasteiger partial charge in [0.2, 0.25) is 0 Å². The fraction of sp³-hybridized carbons (Fsp3) is 0.300. The topological polar surface area (TPSA) is 17.1 Å². The number of rotatable bonds is 2. The van der Waals surface area contributed by atoms with Gasteiger partial charge in [-0.1, -0.05) is 15.9 Å². The molecule has 0 amide bonds. The zero-order valence-electron chi connectivity index (χ0n) is 8.41. The van der Waals surface area contributed by atoms with Crippen molar-refractivity contribution < 1.29 is 26.7 Å². The van der Waals surface area contributed by atoms with Crippen molar-refractivity contribution >= 4 is 21.7 Å². The molecule has 0 saturated heterocycles. The van der Waals surface area contributed by atoms with Crippen molar-refractivity contribution in [2.45, 2.75) is 19.5 Å². The molecule has 1 nitrogen and oxygen atoms in total. The molecule has 0 unspecified atom stereocenters. The zero-order chi connectivity index (χ0) is 13.4. The van der Waals surface area contributed by atoms with Crippen molar-refractivity contribution in [3.05, 3.63) is 33.3 Å². The minimum absolute atomic E-state index is 0.217. The molecule has 0 spiro atoms. The fourth-order valence-corrected chi connectivity index (χ4v) is 1.93. The molecule has 0 aromatic heterocycles. The molecule has 17 heavy (non-hydrogen) atoms. The van der Waals surface area contributed by atoms with Crippen LogP contribution in [0.5, 0.6) is 0 Å². The molecular weight excluding hydrogens is 311 g/mol. The number of ketones is 1. The predicted molar refractivity (Wildman–Crippen MR) is 54.1 cm³/mol. The maximum Gasteiger partial charge on any atom is 0.417 e. The number of carbonyl (C=O) groups excluding carboxylic acids is 1. The van der Waals surface area contributed by atoms with Crippen molar-refractivity contribution in [3.63, 3.8) is 0 Å². The lowest BCUT2D eigenvalue weighted by Gasteiger charge is -2.15. The van der Waals surface area contributed by atoms with E-state index in [4.69, 9.17) is 0 Å². The molecule has 0 aliphatic heterocycles. The molecule has 0 fully saturated rings. The van der Waals surface area contributed by atoms with E-state index in [1.165, 1.54) is 0 Å². The molecular formula is C10H6BrF5O. The van der Waals surface area contributed by atoms with Crippen molar-refractivity contribution in [1.29, 1.82) is 0 Å². The Hall–Kier alpha value is -0.980. The average molecular weight is 317 g/mol. The third-order valence-corrected chi connectivity index (χ3v) is 2.76. The molecule has 0 N–H and O–H groups in total. The standard InChI is InChI=1S/C10H6BrF5O/c1-4(17)7-5(10(14,15)16)2-3-6(11)8(7)9(12)13/h2-3,9H,1H3. The van der Waals surface area contributed by atoms with Crippen LogP contribution in [0.4, 0.5) is 22.0 Å². The van der Waals surface area contributed by atoms with E-state index in [0.717, 1.165) is 13.0 Å². The van der Waals surface area contributed by atoms with E-state index in [0.29, 0.717) is 6.07 Å². The number of hydrogen-bond acceptors (Lipinski definition) is 1. The Morgan fingerprint density at radius 1 is 1.29 bits per heavy atom. The van der Waals surface area contributed by atoms with Gasteiger partial charge in [0, 0.05) is 15.6 Å². The van der Waals surface area contributed by atoms with E-state index in [1.807, 2.05) is 0 Å². The summed E-state index contributed by atoms with van der Waals surface area (Å²) in [6.07, 6.45) is -8.00. The quantitative estimate of drug-likeness (QED) is 0.575. The second-order valence-corrected chi connectivity index (χ2v) is 4.09. The summed E-state index contributed by atoms with van der Waals surface area (Å²) in [6.45, 7) is 0.822. The lowest BCUT2D eigenvalue weighted by Crippen LogP contribution is -2.15. The summed E-state index contributed by atoms with van der Waals surface area (Å²) in [5.41, 5.74) is -3.25. The molecule has 94 valence electrons. The van der Waals surface area contributed by atoms with Crippen molar-refractivity contribution in [2.75, 3.05) is 0 Å². The number of Topliss-reactive ketones (excluding diaryl/α,β-unsaturated/α-hetero) is 1. The maximum absolute atomic E-state index is 12.7. The summed E-state index contributed by atoms with van der Waals surface area (Å²) < 4.78 is 62.8. The highest BCUT2D eigenvalue weighted by molar-refractivity contribution is 9.10. The average Bonchev–Trinajstić information content (AvgIpc) is 2.14. The summed E-state index contributed by atoms with van der Waals surface area (Å²) in [5.74, 6) is -1.05. The largest absolute Gasteiger partial charge is 0.417 e. The van der Waals surface area contributed by atoms with Crippen LogP contribution in [-0.2, 0) is 6.18 Å². The van der Waals surface area contributed by atoms with E-state index < -0.39 is 35.1 Å². The van der Waals surface area contributed by atoms with Crippen LogP contribution in [0, 0.1) is 0 Å². The number of halogens is 6. The zero-order valence-corrected chi connectivity index (χ0v) is 9.99. The van der Waals surface area contributed by atoms with Gasteiger partial charge >= 0.3 is 6.18 Å². The molecule has 0 saturated carbocycles. The lowest BCUT2D eigenvalue weighted by atomic mass is 9.97. The number of alkyl halides is 5. The molecule has 0 bridgehead atoms. The molecule has 0 atom stereocenters. The smallest absolute Gasteiger partial charge is 0.294 e. The van der Waals surface area contributed by atoms with Crippen molar-refractivity contribution in [3.8, 4) is 0 Å². The second kappa shape index (κ2) is 4.72. The first-order chi connectivity index (χ1) is 7.66. The molecule has 0 aliphatic rings. The van der Waals surface area contributed by atoms with Crippen LogP contribution in [0.15, 0.2) is 16.6 Å². The van der Waals surface area contributed by atoms with Crippen LogP contribution in [-0.4, -0.2) is 5.78 Å². The summed E-state index contributed by atoms with van der Waals surface area (Å²) in [4.78, 5) is 11.1. The van der Waals surface area contributed by atoms with Crippen LogP contribution in [0.3, 0.4) is 0 Å². The van der Waals surface area contributed by atoms with Gasteiger partial charge in [-0.25, -0.2) is 8.78 Å². The van der Waals surface area contributed by atoms with E-state index in [9.17, 15) is 26.7 Å². The van der Waals surface area contributed by atoms with Crippen LogP contribution in [0.2, 0.25) is 0 Å². The predicted octanol–water partition coefficient (Wildman–Crippen LogP) is 4.61. The normalized spacial score (nSPS) is 12.0. The van der Waals surface area contributed by atoms with Gasteiger partial charge in [-0.05, 0) is 19.1 Å². The lowest BCUT2D eigenvalue weighted by molar-refractivity contribution is -0.138. The number of benzene rings is 1. The Bertz CT molecular complexity index is 453. The summed E-state index contributed by atoms with van der Waals surface area (Å²) in [6, 6.07) is 1.46. The van der Waals surface area contributed by atoms with E-state index >= 15 is 0 Å². The van der Waals surface area contributed by atoms with Gasteiger partial charge in [0.25, 0.3) is 6.43 Å². The molecule has 1 aromatic rings. The van der Waals surface area contributed by atoms with Crippen LogP contribution in [0.1, 0.15) is 34.8 Å². The van der Waals surface area contributed by atoms with Gasteiger partial charge in [-0.3, -0.25) is 4.79 Å². The molecule has 1 rings (SSSR count). The Morgan fingerprint density at radius 2 is 1.82 bits per heavy atom. The second-order valence-electron chi connectivity index (χ2n) is 3.24. The molecule has 7 heteroatoms. The van der Waals surface area contributed by atoms with Gasteiger partial charge in [-0.15, -0.1) is 0 Å². The van der Waals surface area contributed by atoms with Gasteiger partial charge < -0.3 is 0 Å². The highest BCUT2D eigenvalue weighted by Crippen LogP contribution is 2.39. The maximum atomic E-state index is 12.7. The summed E-state index contributed by atoms with van der Waals surface area (Å²) in [7, 11) is 0. The first kappa shape index (κ1) is 14.1. The third-order valence-electron chi connectivity index (χ3n) is 2.07. The molecule has 1 aromatic carbocycles. The van der Waals surface area contributed by atoms with Crippen molar-refractivity contribution in [1.82, 2.24) is 0 Å². The van der Waals surface area contributed by atoms with E-state index in [-0.39, 0.29) is 4.47 Å². The third kappa shape index (κ3) is 2.83. The Labute approximate surface area is 102 Å². The van der Waals surface area contributed by atoms with E-state index in [1.54, 1.807) is 0 Å². The van der Waals surface area contributed by atoms with Gasteiger partial charge in [-0.2, -0.15) is 13.2 Å². The van der Waals surface area contributed by atoms with Crippen molar-refractivity contribution in [2.24, 2.45) is 0 Å². The number of carbonyl (C=O) groups is 1. The van der Waals surface area contributed by atoms with Gasteiger partial charge in [0.1, 0.15) is 0 Å². The van der Waals surface area contributed by atoms with Gasteiger partial charge in [0.05, 0.1) is 5.56 Å². The van der Waals surface area contributed by atoms with Crippen LogP contribution in [0.25, 0.3) is 0 Å². The molecule has 0 aliphatic carbocycles. The minimum Gasteiger partial charge on any atom is -0.294 e. The highest BCUT2D eigenvalue weighted by atomic mass is 79.9. The Morgan fingerprint density at radius 3 is 2.18 bits per heavy atom. The fourth-order valence-electron chi connectivity index (χ4n) is 1.42. The summed E-state index contributed by atoms with van der Waals surface area (Å²) in [5, 5.41) is 0. The molecule has 0 radical (unpaired) electrons. The monoisotopic (exact) mass is 316 g/mol. The summed E-state index contributed by atoms with van der Waals surface area (Å²) >= 11 is 2.72. The van der Waals surface area contributed by atoms with Crippen LogP contribution >= 0.6 is 15.9 Å². The first-order valence-electron chi connectivity index (χ1n) is 4.35. The van der Waals surface area contributed by atoms with Gasteiger partial charge in [0.15, 0.2) is 5.78 Å².